The van der Waals surface area contributed by atoms with Crippen LogP contribution in [0.3, 0.4) is 0 Å². The van der Waals surface area contributed by atoms with Gasteiger partial charge in [-0.2, -0.15) is 0 Å². The van der Waals surface area contributed by atoms with Crippen molar-refractivity contribution in [3.8, 4) is 0 Å². The van der Waals surface area contributed by atoms with Crippen LogP contribution in [0, 0.1) is 0 Å². The molecule has 0 aliphatic heterocycles. The second kappa shape index (κ2) is 5.31. The molecule has 4 heteroatoms. The van der Waals surface area contributed by atoms with Crippen LogP contribution in [0.5, 0.6) is 0 Å². The summed E-state index contributed by atoms with van der Waals surface area (Å²) in [5.41, 5.74) is 0. The largest absolute Gasteiger partial charge is 0.431 e. The number of nitrogens with zero attached hydrogens (tertiary/aromatic N) is 1. The van der Waals surface area contributed by atoms with Gasteiger partial charge in [-0.3, -0.25) is 0 Å². The zero-order valence-corrected chi connectivity index (χ0v) is 14.6. The second-order valence-corrected chi connectivity index (χ2v) is 20.8. The summed E-state index contributed by atoms with van der Waals surface area (Å²) >= 11 is -0.600. The smallest absolute Gasteiger partial charge is 0.357 e. The summed E-state index contributed by atoms with van der Waals surface area (Å²) in [6, 6.07) is 0. The van der Waals surface area contributed by atoms with Crippen LogP contribution >= 0.6 is 0 Å². The molecule has 14 heavy (non-hydrogen) atoms. The molecular formula is C10H28AlNSi2. The lowest BCUT2D eigenvalue weighted by Gasteiger charge is -2.48. The third-order valence-corrected chi connectivity index (χ3v) is 19.1. The number of hydrogen-bond donors (Lipinski definition) is 0. The van der Waals surface area contributed by atoms with Crippen molar-refractivity contribution in [3.63, 3.8) is 0 Å². The Hall–Kier alpha value is 0.926. The van der Waals surface area contributed by atoms with Crippen LogP contribution in [-0.2, 0) is 0 Å². The summed E-state index contributed by atoms with van der Waals surface area (Å²) in [6.45, 7) is 19.9. The van der Waals surface area contributed by atoms with E-state index in [0.717, 1.165) is 0 Å². The lowest BCUT2D eigenvalue weighted by atomic mass is 10.9. The summed E-state index contributed by atoms with van der Waals surface area (Å²) in [4.78, 5) is 0. The molecule has 0 radical (unpaired) electrons. The van der Waals surface area contributed by atoms with Crippen molar-refractivity contribution in [1.29, 1.82) is 0 Å². The molecule has 0 aliphatic rings. The molecule has 0 atom stereocenters. The van der Waals surface area contributed by atoms with Crippen molar-refractivity contribution in [2.45, 2.75) is 63.7 Å². The molecule has 0 aliphatic carbocycles. The van der Waals surface area contributed by atoms with Crippen LogP contribution in [-0.4, -0.2) is 34.1 Å². The zero-order chi connectivity index (χ0) is 11.6. The van der Waals surface area contributed by atoms with Crippen LogP contribution in [0.1, 0.15) is 13.8 Å². The minimum atomic E-state index is -1.07. The lowest BCUT2D eigenvalue weighted by Crippen LogP contribution is -2.64. The molecule has 0 unspecified atom stereocenters. The summed E-state index contributed by atoms with van der Waals surface area (Å²) in [7, 11) is -2.14. The maximum absolute atomic E-state index is 3.07. The topological polar surface area (TPSA) is 3.24 Å². The van der Waals surface area contributed by atoms with Crippen LogP contribution in [0.4, 0.5) is 0 Å². The Bertz CT molecular complexity index is 154. The van der Waals surface area contributed by atoms with E-state index >= 15 is 0 Å². The van der Waals surface area contributed by atoms with Gasteiger partial charge >= 0.3 is 14.4 Å². The van der Waals surface area contributed by atoms with Gasteiger partial charge < -0.3 is 3.21 Å². The fourth-order valence-corrected chi connectivity index (χ4v) is 23.1. The second-order valence-electron chi connectivity index (χ2n) is 6.18. The van der Waals surface area contributed by atoms with E-state index in [2.05, 4.69) is 56.3 Å². The van der Waals surface area contributed by atoms with Crippen LogP contribution in [0.25, 0.3) is 0 Å². The quantitative estimate of drug-likeness (QED) is 0.662. The Balaban J connectivity index is 4.91. The van der Waals surface area contributed by atoms with Gasteiger partial charge in [0.2, 0.25) is 0 Å². The Labute approximate surface area is 97.7 Å². The van der Waals surface area contributed by atoms with E-state index in [1.54, 1.807) is 0 Å². The minimum absolute atomic E-state index is 0.600. The van der Waals surface area contributed by atoms with Crippen LogP contribution in [0.15, 0.2) is 0 Å². The molecule has 0 N–H and O–H groups in total. The summed E-state index contributed by atoms with van der Waals surface area (Å²) in [6.07, 6.45) is 0. The van der Waals surface area contributed by atoms with Gasteiger partial charge in [-0.15, -0.1) is 0 Å². The fourth-order valence-electron chi connectivity index (χ4n) is 2.76. The number of hydrogen-bond acceptors (Lipinski definition) is 1. The highest BCUT2D eigenvalue weighted by atomic mass is 28.4. The molecule has 0 aromatic rings. The Morgan fingerprint density at radius 1 is 0.786 bits per heavy atom. The highest BCUT2D eigenvalue weighted by Gasteiger charge is 2.39. The summed E-state index contributed by atoms with van der Waals surface area (Å²) in [5, 5.41) is 2.90. The lowest BCUT2D eigenvalue weighted by molar-refractivity contribution is 0.897. The molecule has 0 aromatic heterocycles. The summed E-state index contributed by atoms with van der Waals surface area (Å²) in [5.74, 6) is 0. The predicted octanol–water partition coefficient (Wildman–Crippen LogP) is 3.99. The maximum Gasteiger partial charge on any atom is 0.357 e. The monoisotopic (exact) mass is 245 g/mol. The highest BCUT2D eigenvalue weighted by Crippen LogP contribution is 2.24. The van der Waals surface area contributed by atoms with Gasteiger partial charge in [0.15, 0.2) is 0 Å². The third kappa shape index (κ3) is 4.20. The van der Waals surface area contributed by atoms with Gasteiger partial charge in [0, 0.05) is 0 Å². The molecule has 0 saturated carbocycles. The minimum Gasteiger partial charge on any atom is -0.431 e. The first-order valence-corrected chi connectivity index (χ1v) is 15.0. The fraction of sp³-hybridized carbons (Fsp3) is 1.00. The van der Waals surface area contributed by atoms with Crippen LogP contribution in [0.2, 0.25) is 49.8 Å². The van der Waals surface area contributed by atoms with Gasteiger partial charge in [0.05, 0.1) is 16.5 Å². The van der Waals surface area contributed by atoms with Crippen molar-refractivity contribution in [2.75, 3.05) is 0 Å². The Morgan fingerprint density at radius 3 is 1.14 bits per heavy atom. The molecular weight excluding hydrogens is 217 g/mol. The number of rotatable bonds is 5. The molecule has 84 valence electrons. The average Bonchev–Trinajstić information content (AvgIpc) is 1.94. The van der Waals surface area contributed by atoms with E-state index in [9.17, 15) is 0 Å². The first kappa shape index (κ1) is 14.9. The molecule has 0 amide bonds. The van der Waals surface area contributed by atoms with Gasteiger partial charge in [-0.25, -0.2) is 0 Å². The molecule has 0 aromatic carbocycles. The Morgan fingerprint density at radius 2 is 1.07 bits per heavy atom. The Kier molecular flexibility index (Phi) is 5.67. The van der Waals surface area contributed by atoms with E-state index in [1.165, 1.54) is 10.6 Å². The molecule has 0 bridgehead atoms. The predicted molar refractivity (Wildman–Crippen MR) is 75.2 cm³/mol. The molecule has 0 heterocycles. The van der Waals surface area contributed by atoms with E-state index < -0.39 is 30.8 Å². The van der Waals surface area contributed by atoms with E-state index in [4.69, 9.17) is 0 Å². The summed E-state index contributed by atoms with van der Waals surface area (Å²) < 4.78 is 3.07. The standard InChI is InChI=1S/C6H18NSi2.2C2H5.Al/c1-8(2,3)7-9(4,5)6;2*1-2;/h1-6H3;2*1H2,2H3;/q-1;;;+1. The van der Waals surface area contributed by atoms with Gasteiger partial charge in [0.1, 0.15) is 0 Å². The first-order valence-electron chi connectivity index (χ1n) is 5.94. The van der Waals surface area contributed by atoms with Crippen LogP contribution < -0.4 is 0 Å². The van der Waals surface area contributed by atoms with Crippen molar-refractivity contribution in [3.05, 3.63) is 0 Å². The molecule has 0 fully saturated rings. The SMILES string of the molecule is C[CH2][Al]([CH2]C)[N]([Si](C)(C)C)[Si](C)(C)C. The molecule has 0 spiro atoms. The maximum atomic E-state index is 3.07. The van der Waals surface area contributed by atoms with E-state index in [0.29, 0.717) is 0 Å². The third-order valence-electron chi connectivity index (χ3n) is 2.75. The van der Waals surface area contributed by atoms with Gasteiger partial charge in [0.25, 0.3) is 0 Å². The van der Waals surface area contributed by atoms with Crippen molar-refractivity contribution < 1.29 is 0 Å². The first-order chi connectivity index (χ1) is 6.14. The van der Waals surface area contributed by atoms with E-state index in [1.807, 2.05) is 0 Å². The van der Waals surface area contributed by atoms with Crippen molar-refractivity contribution in [1.82, 2.24) is 3.21 Å². The molecule has 1 nitrogen and oxygen atoms in total. The highest BCUT2D eigenvalue weighted by molar-refractivity contribution is 6.99. The van der Waals surface area contributed by atoms with Gasteiger partial charge in [-0.05, 0) is 0 Å². The van der Waals surface area contributed by atoms with Crippen molar-refractivity contribution >= 4 is 30.8 Å². The average molecular weight is 245 g/mol. The molecule has 0 rings (SSSR count). The van der Waals surface area contributed by atoms with E-state index in [-0.39, 0.29) is 0 Å². The normalized spacial score (nSPS) is 13.5. The van der Waals surface area contributed by atoms with Gasteiger partial charge in [-0.1, -0.05) is 63.7 Å². The molecule has 0 saturated heterocycles. The zero-order valence-electron chi connectivity index (χ0n) is 11.4. The van der Waals surface area contributed by atoms with Crippen molar-refractivity contribution in [2.24, 2.45) is 0 Å².